The zero-order valence-electron chi connectivity index (χ0n) is 15.4. The maximum Gasteiger partial charge on any atom is 0.471 e. The smallest absolute Gasteiger partial charge is 0.464 e. The van der Waals surface area contributed by atoms with E-state index >= 15 is 0 Å². The number of rotatable bonds is 5. The van der Waals surface area contributed by atoms with Crippen LogP contribution in [0.4, 0.5) is 22.4 Å². The van der Waals surface area contributed by atoms with E-state index in [1.165, 1.54) is 24.6 Å². The second-order valence-corrected chi connectivity index (χ2v) is 6.29. The van der Waals surface area contributed by atoms with Crippen LogP contribution in [0.5, 0.6) is 0 Å². The standard InChI is InChI=1S/C19H12F4N4O4/c20-14-5-10(16-26-17(31-27-16)19(21,22)23)1-2-11(14)8-25-18(28)30-9-13-7-24-6-12-3-4-29-15(12)13/h1-7H,8-9H2,(H,25,28). The molecule has 8 nitrogen and oxygen atoms in total. The second kappa shape index (κ2) is 8.05. The lowest BCUT2D eigenvalue weighted by Gasteiger charge is -2.08. The first-order valence-corrected chi connectivity index (χ1v) is 8.71. The van der Waals surface area contributed by atoms with Crippen molar-refractivity contribution in [3.8, 4) is 11.4 Å². The summed E-state index contributed by atoms with van der Waals surface area (Å²) in [6, 6.07) is 5.25. The van der Waals surface area contributed by atoms with Gasteiger partial charge in [0.05, 0.1) is 11.8 Å². The molecule has 0 aliphatic carbocycles. The summed E-state index contributed by atoms with van der Waals surface area (Å²) < 4.78 is 66.4. The number of alkyl carbamates (subject to hydrolysis) is 1. The molecule has 1 amide bonds. The molecule has 0 aliphatic rings. The molecule has 12 heteroatoms. The van der Waals surface area contributed by atoms with E-state index in [0.29, 0.717) is 11.1 Å². The third-order valence-corrected chi connectivity index (χ3v) is 4.19. The van der Waals surface area contributed by atoms with Crippen LogP contribution in [0, 0.1) is 5.82 Å². The van der Waals surface area contributed by atoms with Gasteiger partial charge in [0.25, 0.3) is 0 Å². The number of carbonyl (C=O) groups is 1. The van der Waals surface area contributed by atoms with Gasteiger partial charge in [-0.25, -0.2) is 9.18 Å². The van der Waals surface area contributed by atoms with Crippen molar-refractivity contribution in [1.29, 1.82) is 0 Å². The molecule has 160 valence electrons. The Hall–Kier alpha value is -3.96. The minimum atomic E-state index is -4.80. The van der Waals surface area contributed by atoms with Crippen molar-refractivity contribution in [1.82, 2.24) is 20.4 Å². The molecule has 0 aliphatic heterocycles. The van der Waals surface area contributed by atoms with Crippen molar-refractivity contribution < 1.29 is 36.0 Å². The van der Waals surface area contributed by atoms with Gasteiger partial charge in [0.15, 0.2) is 0 Å². The minimum Gasteiger partial charge on any atom is -0.464 e. The van der Waals surface area contributed by atoms with Crippen LogP contribution in [0.15, 0.2) is 51.9 Å². The Morgan fingerprint density at radius 1 is 1.16 bits per heavy atom. The number of halogens is 4. The van der Waals surface area contributed by atoms with E-state index in [9.17, 15) is 22.4 Å². The van der Waals surface area contributed by atoms with Crippen molar-refractivity contribution >= 4 is 17.1 Å². The van der Waals surface area contributed by atoms with Gasteiger partial charge in [0.1, 0.15) is 18.0 Å². The summed E-state index contributed by atoms with van der Waals surface area (Å²) in [5.41, 5.74) is 1.17. The van der Waals surface area contributed by atoms with Crippen molar-refractivity contribution in [2.45, 2.75) is 19.3 Å². The average molecular weight is 436 g/mol. The number of hydrogen-bond donors (Lipinski definition) is 1. The number of benzene rings is 1. The predicted octanol–water partition coefficient (Wildman–Crippen LogP) is 4.46. The molecule has 0 saturated carbocycles. The van der Waals surface area contributed by atoms with Gasteiger partial charge in [-0.2, -0.15) is 18.2 Å². The van der Waals surface area contributed by atoms with Gasteiger partial charge < -0.3 is 19.0 Å². The number of ether oxygens (including phenoxy) is 1. The molecular formula is C19H12F4N4O4. The molecule has 0 saturated heterocycles. The molecule has 4 rings (SSSR count). The van der Waals surface area contributed by atoms with Gasteiger partial charge in [-0.1, -0.05) is 17.3 Å². The highest BCUT2D eigenvalue weighted by Crippen LogP contribution is 2.29. The normalized spacial score (nSPS) is 11.6. The topological polar surface area (TPSA) is 103 Å². The highest BCUT2D eigenvalue weighted by atomic mass is 19.4. The number of pyridine rings is 1. The highest BCUT2D eigenvalue weighted by molar-refractivity contribution is 5.79. The Bertz CT molecular complexity index is 1240. The zero-order chi connectivity index (χ0) is 22.0. The van der Waals surface area contributed by atoms with Crippen molar-refractivity contribution in [2.24, 2.45) is 0 Å². The SMILES string of the molecule is O=C(NCc1ccc(-c2noc(C(F)(F)F)n2)cc1F)OCc1cncc2ccoc12. The fraction of sp³-hybridized carbons (Fsp3) is 0.158. The van der Waals surface area contributed by atoms with E-state index in [4.69, 9.17) is 9.15 Å². The molecule has 0 fully saturated rings. The first kappa shape index (κ1) is 20.3. The lowest BCUT2D eigenvalue weighted by atomic mass is 10.1. The van der Waals surface area contributed by atoms with Gasteiger partial charge in [-0.05, 0) is 12.1 Å². The number of nitrogens with zero attached hydrogens (tertiary/aromatic N) is 3. The van der Waals surface area contributed by atoms with Crippen LogP contribution in [0.1, 0.15) is 17.0 Å². The van der Waals surface area contributed by atoms with Gasteiger partial charge >= 0.3 is 18.2 Å². The molecule has 0 unspecified atom stereocenters. The minimum absolute atomic E-state index is 0.0119. The Balaban J connectivity index is 1.36. The van der Waals surface area contributed by atoms with Gasteiger partial charge in [0.2, 0.25) is 5.82 Å². The van der Waals surface area contributed by atoms with Crippen molar-refractivity contribution in [3.63, 3.8) is 0 Å². The van der Waals surface area contributed by atoms with E-state index in [1.807, 2.05) is 0 Å². The van der Waals surface area contributed by atoms with E-state index in [1.54, 1.807) is 12.3 Å². The molecule has 1 N–H and O–H groups in total. The van der Waals surface area contributed by atoms with E-state index < -0.39 is 29.8 Å². The molecule has 31 heavy (non-hydrogen) atoms. The molecule has 0 atom stereocenters. The Labute approximate surface area is 170 Å². The number of alkyl halides is 3. The van der Waals surface area contributed by atoms with Gasteiger partial charge in [-0.3, -0.25) is 4.98 Å². The fourth-order valence-corrected chi connectivity index (χ4v) is 2.70. The van der Waals surface area contributed by atoms with Crippen LogP contribution in [-0.4, -0.2) is 21.2 Å². The van der Waals surface area contributed by atoms with Gasteiger partial charge in [-0.15, -0.1) is 0 Å². The summed E-state index contributed by atoms with van der Waals surface area (Å²) in [6.45, 7) is -0.321. The maximum atomic E-state index is 14.3. The first-order valence-electron chi connectivity index (χ1n) is 8.71. The van der Waals surface area contributed by atoms with Crippen molar-refractivity contribution in [3.05, 3.63) is 65.8 Å². The van der Waals surface area contributed by atoms with Crippen LogP contribution in [0.25, 0.3) is 22.4 Å². The second-order valence-electron chi connectivity index (χ2n) is 6.29. The van der Waals surface area contributed by atoms with Crippen LogP contribution in [-0.2, 0) is 24.1 Å². The number of hydrogen-bond acceptors (Lipinski definition) is 7. The number of amides is 1. The quantitative estimate of drug-likeness (QED) is 0.461. The molecule has 1 aromatic carbocycles. The van der Waals surface area contributed by atoms with E-state index in [-0.39, 0.29) is 24.3 Å². The summed E-state index contributed by atoms with van der Waals surface area (Å²) in [6.07, 6.45) is -1.01. The first-order chi connectivity index (χ1) is 14.8. The lowest BCUT2D eigenvalue weighted by Crippen LogP contribution is -2.24. The highest BCUT2D eigenvalue weighted by Gasteiger charge is 2.38. The average Bonchev–Trinajstić information content (AvgIpc) is 3.40. The van der Waals surface area contributed by atoms with Crippen LogP contribution >= 0.6 is 0 Å². The summed E-state index contributed by atoms with van der Waals surface area (Å²) >= 11 is 0. The largest absolute Gasteiger partial charge is 0.471 e. The number of furan rings is 1. The summed E-state index contributed by atoms with van der Waals surface area (Å²) in [7, 11) is 0. The molecule has 4 aromatic rings. The van der Waals surface area contributed by atoms with E-state index in [0.717, 1.165) is 11.5 Å². The summed E-state index contributed by atoms with van der Waals surface area (Å²) in [5.74, 6) is -2.72. The summed E-state index contributed by atoms with van der Waals surface area (Å²) in [5, 5.41) is 6.33. The molecule has 0 bridgehead atoms. The third-order valence-electron chi connectivity index (χ3n) is 4.19. The van der Waals surface area contributed by atoms with E-state index in [2.05, 4.69) is 25.0 Å². The molecule has 3 aromatic heterocycles. The van der Waals surface area contributed by atoms with Crippen LogP contribution in [0.2, 0.25) is 0 Å². The number of carbonyl (C=O) groups excluding carboxylic acids is 1. The molecule has 0 radical (unpaired) electrons. The monoisotopic (exact) mass is 436 g/mol. The molecular weight excluding hydrogens is 424 g/mol. The Morgan fingerprint density at radius 2 is 2.00 bits per heavy atom. The number of aromatic nitrogens is 3. The number of fused-ring (bicyclic) bond motifs is 1. The van der Waals surface area contributed by atoms with Crippen molar-refractivity contribution in [2.75, 3.05) is 0 Å². The molecule has 0 spiro atoms. The Morgan fingerprint density at radius 3 is 2.74 bits per heavy atom. The lowest BCUT2D eigenvalue weighted by molar-refractivity contribution is -0.159. The fourth-order valence-electron chi connectivity index (χ4n) is 2.70. The predicted molar refractivity (Wildman–Crippen MR) is 95.7 cm³/mol. The van der Waals surface area contributed by atoms with Gasteiger partial charge in [0, 0.05) is 35.5 Å². The van der Waals surface area contributed by atoms with Crippen LogP contribution in [0.3, 0.4) is 0 Å². The number of nitrogens with one attached hydrogen (secondary N) is 1. The maximum absolute atomic E-state index is 14.3. The Kier molecular flexibility index (Phi) is 5.28. The molecule has 3 heterocycles. The summed E-state index contributed by atoms with van der Waals surface area (Å²) in [4.78, 5) is 19.1. The third kappa shape index (κ3) is 4.47. The zero-order valence-corrected chi connectivity index (χ0v) is 15.4. The van der Waals surface area contributed by atoms with Crippen LogP contribution < -0.4 is 5.32 Å².